The first kappa shape index (κ1) is 19.9. The van der Waals surface area contributed by atoms with Gasteiger partial charge in [0.05, 0.1) is 0 Å². The van der Waals surface area contributed by atoms with Gasteiger partial charge in [0.15, 0.2) is 0 Å². The second-order valence-corrected chi connectivity index (χ2v) is 7.86. The molecule has 2 heterocycles. The highest BCUT2D eigenvalue weighted by Crippen LogP contribution is 2.21. The maximum atomic E-state index is 13.2. The van der Waals surface area contributed by atoms with Crippen LogP contribution in [0.1, 0.15) is 44.1 Å². The summed E-state index contributed by atoms with van der Waals surface area (Å²) >= 11 is 0. The lowest BCUT2D eigenvalue weighted by atomic mass is 10.0. The van der Waals surface area contributed by atoms with E-state index in [0.29, 0.717) is 12.0 Å². The van der Waals surface area contributed by atoms with E-state index in [-0.39, 0.29) is 5.82 Å². The normalized spacial score (nSPS) is 19.4. The van der Waals surface area contributed by atoms with Crippen molar-refractivity contribution in [2.24, 2.45) is 5.92 Å². The fourth-order valence-electron chi connectivity index (χ4n) is 3.84. The van der Waals surface area contributed by atoms with E-state index < -0.39 is 0 Å². The average Bonchev–Trinajstić information content (AvgIpc) is 2.86. The average molecular weight is 371 g/mol. The molecule has 1 saturated heterocycles. The first-order valence-electron chi connectivity index (χ1n) is 10.1. The molecule has 0 aliphatic carbocycles. The zero-order valence-corrected chi connectivity index (χ0v) is 16.7. The molecule has 1 fully saturated rings. The Hall–Kier alpha value is -1.85. The molecule has 5 heteroatoms. The van der Waals surface area contributed by atoms with Crippen LogP contribution >= 0.6 is 0 Å². The molecule has 0 N–H and O–H groups in total. The minimum absolute atomic E-state index is 0.169. The summed E-state index contributed by atoms with van der Waals surface area (Å²) < 4.78 is 13.2. The molecule has 1 aromatic heterocycles. The minimum atomic E-state index is -0.169. The largest absolute Gasteiger partial charge is 0.297 e. The highest BCUT2D eigenvalue weighted by atomic mass is 19.1. The number of halogens is 1. The molecule has 0 saturated carbocycles. The van der Waals surface area contributed by atoms with Gasteiger partial charge < -0.3 is 0 Å². The molecule has 0 unspecified atom stereocenters. The third-order valence-electron chi connectivity index (χ3n) is 5.38. The molecule has 0 spiro atoms. The Labute approximate surface area is 162 Å². The lowest BCUT2D eigenvalue weighted by Crippen LogP contribution is -2.43. The van der Waals surface area contributed by atoms with E-state index in [2.05, 4.69) is 40.5 Å². The smallest absolute Gasteiger partial charge is 0.127 e. The van der Waals surface area contributed by atoms with E-state index in [1.807, 2.05) is 24.5 Å². The Kier molecular flexibility index (Phi) is 6.91. The van der Waals surface area contributed by atoms with Gasteiger partial charge in [-0.3, -0.25) is 9.80 Å². The van der Waals surface area contributed by atoms with Crippen molar-refractivity contribution in [2.75, 3.05) is 19.6 Å². The summed E-state index contributed by atoms with van der Waals surface area (Å²) in [7, 11) is 0. The van der Waals surface area contributed by atoms with Crippen molar-refractivity contribution in [3.8, 4) is 0 Å². The van der Waals surface area contributed by atoms with E-state index in [9.17, 15) is 4.39 Å². The molecule has 1 atom stereocenters. The molecule has 1 aliphatic heterocycles. The topological polar surface area (TPSA) is 32.3 Å². The number of nitrogens with zero attached hydrogens (tertiary/aromatic N) is 4. The lowest BCUT2D eigenvalue weighted by Gasteiger charge is -2.34. The first-order chi connectivity index (χ1) is 13.0. The van der Waals surface area contributed by atoms with Crippen molar-refractivity contribution >= 4 is 0 Å². The zero-order valence-electron chi connectivity index (χ0n) is 16.7. The fraction of sp³-hybridized carbons (Fsp3) is 0.545. The predicted molar refractivity (Wildman–Crippen MR) is 107 cm³/mol. The molecule has 0 bridgehead atoms. The molecule has 4 nitrogen and oxygen atoms in total. The van der Waals surface area contributed by atoms with Gasteiger partial charge in [0, 0.05) is 56.6 Å². The van der Waals surface area contributed by atoms with Crippen molar-refractivity contribution < 1.29 is 4.39 Å². The van der Waals surface area contributed by atoms with Gasteiger partial charge >= 0.3 is 0 Å². The standard InChI is InChI=1S/C22H31FN4/c1-4-22-24-12-19(13-25-22)14-26-10-5-11-27(21(16-26)17(2)3)15-18-6-8-20(23)9-7-18/h6-9,12-13,17,21H,4-5,10-11,14-16H2,1-3H3/t21-/m1/s1. The van der Waals surface area contributed by atoms with Crippen molar-refractivity contribution in [1.82, 2.24) is 19.8 Å². The van der Waals surface area contributed by atoms with Gasteiger partial charge in [-0.1, -0.05) is 32.9 Å². The van der Waals surface area contributed by atoms with Crippen LogP contribution in [0.25, 0.3) is 0 Å². The Morgan fingerprint density at radius 1 is 1.04 bits per heavy atom. The van der Waals surface area contributed by atoms with Crippen LogP contribution in [0.4, 0.5) is 4.39 Å². The zero-order chi connectivity index (χ0) is 19.2. The van der Waals surface area contributed by atoms with Gasteiger partial charge in [-0.15, -0.1) is 0 Å². The van der Waals surface area contributed by atoms with Gasteiger partial charge in [0.25, 0.3) is 0 Å². The van der Waals surface area contributed by atoms with E-state index >= 15 is 0 Å². The quantitative estimate of drug-likeness (QED) is 0.772. The van der Waals surface area contributed by atoms with Gasteiger partial charge in [0.2, 0.25) is 0 Å². The van der Waals surface area contributed by atoms with Crippen LogP contribution in [0.5, 0.6) is 0 Å². The minimum Gasteiger partial charge on any atom is -0.297 e. The SMILES string of the molecule is CCc1ncc(CN2CCCN(Cc3ccc(F)cc3)[C@@H](C(C)C)C2)cn1. The number of aryl methyl sites for hydroxylation is 1. The van der Waals surface area contributed by atoms with Gasteiger partial charge in [0.1, 0.15) is 11.6 Å². The van der Waals surface area contributed by atoms with Crippen molar-refractivity contribution in [3.63, 3.8) is 0 Å². The molecule has 1 aliphatic rings. The summed E-state index contributed by atoms with van der Waals surface area (Å²) in [5.74, 6) is 1.29. The molecule has 0 amide bonds. The van der Waals surface area contributed by atoms with Gasteiger partial charge in [-0.2, -0.15) is 0 Å². The summed E-state index contributed by atoms with van der Waals surface area (Å²) in [6, 6.07) is 7.41. The van der Waals surface area contributed by atoms with Crippen LogP contribution in [0.2, 0.25) is 0 Å². The van der Waals surface area contributed by atoms with Gasteiger partial charge in [-0.05, 0) is 36.6 Å². The van der Waals surface area contributed by atoms with Crippen LogP contribution in [0, 0.1) is 11.7 Å². The van der Waals surface area contributed by atoms with Crippen LogP contribution in [0.3, 0.4) is 0 Å². The van der Waals surface area contributed by atoms with Crippen molar-refractivity contribution in [3.05, 3.63) is 59.4 Å². The second kappa shape index (κ2) is 9.38. The Bertz CT molecular complexity index is 699. The molecule has 1 aromatic carbocycles. The second-order valence-electron chi connectivity index (χ2n) is 7.86. The first-order valence-corrected chi connectivity index (χ1v) is 10.1. The number of hydrogen-bond donors (Lipinski definition) is 0. The number of hydrogen-bond acceptors (Lipinski definition) is 4. The highest BCUT2D eigenvalue weighted by molar-refractivity contribution is 5.16. The van der Waals surface area contributed by atoms with Gasteiger partial charge in [-0.25, -0.2) is 14.4 Å². The molecular formula is C22H31FN4. The van der Waals surface area contributed by atoms with Crippen molar-refractivity contribution in [1.29, 1.82) is 0 Å². The summed E-state index contributed by atoms with van der Waals surface area (Å²) in [4.78, 5) is 14.0. The molecule has 27 heavy (non-hydrogen) atoms. The lowest BCUT2D eigenvalue weighted by molar-refractivity contribution is 0.130. The predicted octanol–water partition coefficient (Wildman–Crippen LogP) is 3.91. The monoisotopic (exact) mass is 370 g/mol. The molecule has 3 rings (SSSR count). The van der Waals surface area contributed by atoms with E-state index in [1.54, 1.807) is 12.1 Å². The molecular weight excluding hydrogens is 339 g/mol. The maximum absolute atomic E-state index is 13.2. The summed E-state index contributed by atoms with van der Waals surface area (Å²) in [6.45, 7) is 11.6. The van der Waals surface area contributed by atoms with Crippen LogP contribution < -0.4 is 0 Å². The van der Waals surface area contributed by atoms with Crippen LogP contribution in [0.15, 0.2) is 36.7 Å². The summed E-state index contributed by atoms with van der Waals surface area (Å²) in [6.07, 6.45) is 5.95. The van der Waals surface area contributed by atoms with Crippen molar-refractivity contribution in [2.45, 2.75) is 52.7 Å². The highest BCUT2D eigenvalue weighted by Gasteiger charge is 2.27. The molecule has 146 valence electrons. The summed E-state index contributed by atoms with van der Waals surface area (Å²) in [5.41, 5.74) is 2.36. The summed E-state index contributed by atoms with van der Waals surface area (Å²) in [5, 5.41) is 0. The third kappa shape index (κ3) is 5.56. The molecule has 2 aromatic rings. The van der Waals surface area contributed by atoms with E-state index in [4.69, 9.17) is 0 Å². The Balaban J connectivity index is 1.67. The fourth-order valence-corrected chi connectivity index (χ4v) is 3.84. The van der Waals surface area contributed by atoms with Crippen LogP contribution in [-0.2, 0) is 19.5 Å². The molecule has 0 radical (unpaired) electrons. The maximum Gasteiger partial charge on any atom is 0.127 e. The number of rotatable bonds is 6. The third-order valence-corrected chi connectivity index (χ3v) is 5.38. The van der Waals surface area contributed by atoms with E-state index in [0.717, 1.165) is 51.4 Å². The number of benzene rings is 1. The Morgan fingerprint density at radius 3 is 2.37 bits per heavy atom. The Morgan fingerprint density at radius 2 is 1.74 bits per heavy atom. The van der Waals surface area contributed by atoms with Crippen LogP contribution in [-0.4, -0.2) is 45.4 Å². The van der Waals surface area contributed by atoms with E-state index in [1.165, 1.54) is 11.1 Å². The number of aromatic nitrogens is 2.